The molecule has 3 atom stereocenters. The number of aliphatic carboxylic acids is 1. The van der Waals surface area contributed by atoms with Crippen LogP contribution in [0, 0.1) is 0 Å². The Morgan fingerprint density at radius 3 is 2.70 bits per heavy atom. The molecule has 0 aromatic heterocycles. The molecular weight excluding hydrogens is 252 g/mol. The van der Waals surface area contributed by atoms with Gasteiger partial charge < -0.3 is 15.3 Å². The van der Waals surface area contributed by atoms with E-state index in [1.54, 1.807) is 0 Å². The van der Waals surface area contributed by atoms with Crippen molar-refractivity contribution in [2.24, 2.45) is 0 Å². The number of carboxylic acids is 1. The first-order valence-electron chi connectivity index (χ1n) is 8.17. The van der Waals surface area contributed by atoms with Gasteiger partial charge in [0.25, 0.3) is 0 Å². The molecule has 0 spiro atoms. The summed E-state index contributed by atoms with van der Waals surface area (Å²) in [5.74, 6) is -0.674. The fraction of sp³-hybridized carbons (Fsp3) is 0.938. The standard InChI is InChI=1S/C16H32N2O2/c1-5-8-13(3)18(4)14-9-7-10-16(12-14,15(19)20)17-11-6-2/h13-14,17H,5-12H2,1-4H3,(H,19,20). The van der Waals surface area contributed by atoms with Crippen molar-refractivity contribution in [1.82, 2.24) is 10.2 Å². The lowest BCUT2D eigenvalue weighted by Gasteiger charge is -2.43. The van der Waals surface area contributed by atoms with E-state index in [1.165, 1.54) is 12.8 Å². The molecule has 1 fully saturated rings. The molecule has 4 nitrogen and oxygen atoms in total. The minimum absolute atomic E-state index is 0.380. The molecule has 2 N–H and O–H groups in total. The molecule has 0 aromatic carbocycles. The van der Waals surface area contributed by atoms with Gasteiger partial charge in [-0.05, 0) is 59.0 Å². The summed E-state index contributed by atoms with van der Waals surface area (Å²) >= 11 is 0. The average molecular weight is 284 g/mol. The molecule has 0 radical (unpaired) electrons. The van der Waals surface area contributed by atoms with E-state index in [1.807, 2.05) is 0 Å². The van der Waals surface area contributed by atoms with Gasteiger partial charge in [0.05, 0.1) is 0 Å². The van der Waals surface area contributed by atoms with Crippen molar-refractivity contribution in [3.8, 4) is 0 Å². The fourth-order valence-electron chi connectivity index (χ4n) is 3.37. The number of hydrogen-bond donors (Lipinski definition) is 2. The van der Waals surface area contributed by atoms with E-state index in [9.17, 15) is 9.90 Å². The summed E-state index contributed by atoms with van der Waals surface area (Å²) in [5.41, 5.74) is -0.709. The van der Waals surface area contributed by atoms with E-state index in [4.69, 9.17) is 0 Å². The molecule has 0 aromatic rings. The van der Waals surface area contributed by atoms with Gasteiger partial charge in [0.15, 0.2) is 0 Å². The average Bonchev–Trinajstić information content (AvgIpc) is 2.44. The Balaban J connectivity index is 2.74. The van der Waals surface area contributed by atoms with E-state index in [2.05, 4.69) is 38.0 Å². The number of nitrogens with one attached hydrogen (secondary N) is 1. The van der Waals surface area contributed by atoms with Gasteiger partial charge in [0.2, 0.25) is 0 Å². The van der Waals surface area contributed by atoms with Crippen LogP contribution in [0.2, 0.25) is 0 Å². The Morgan fingerprint density at radius 2 is 2.15 bits per heavy atom. The van der Waals surface area contributed by atoms with Gasteiger partial charge in [-0.15, -0.1) is 0 Å². The van der Waals surface area contributed by atoms with Crippen molar-refractivity contribution < 1.29 is 9.90 Å². The first kappa shape index (κ1) is 17.4. The van der Waals surface area contributed by atoms with Crippen LogP contribution in [-0.2, 0) is 4.79 Å². The summed E-state index contributed by atoms with van der Waals surface area (Å²) in [6, 6.07) is 0.909. The van der Waals surface area contributed by atoms with Crippen LogP contribution in [0.1, 0.15) is 65.7 Å². The highest BCUT2D eigenvalue weighted by Gasteiger charge is 2.43. The Bertz CT molecular complexity index is 309. The van der Waals surface area contributed by atoms with Gasteiger partial charge in [0.1, 0.15) is 5.54 Å². The van der Waals surface area contributed by atoms with Crippen LogP contribution in [0.4, 0.5) is 0 Å². The minimum Gasteiger partial charge on any atom is -0.480 e. The Labute approximate surface area is 123 Å². The molecule has 1 rings (SSSR count). The zero-order valence-electron chi connectivity index (χ0n) is 13.6. The minimum atomic E-state index is -0.709. The highest BCUT2D eigenvalue weighted by molar-refractivity contribution is 5.79. The highest BCUT2D eigenvalue weighted by Crippen LogP contribution is 2.32. The van der Waals surface area contributed by atoms with Gasteiger partial charge in [-0.2, -0.15) is 0 Å². The molecule has 0 aliphatic heterocycles. The summed E-state index contributed by atoms with van der Waals surface area (Å²) in [6.45, 7) is 7.32. The lowest BCUT2D eigenvalue weighted by Crippen LogP contribution is -2.58. The number of rotatable bonds is 8. The second-order valence-corrected chi connectivity index (χ2v) is 6.37. The van der Waals surface area contributed by atoms with Crippen LogP contribution in [0.3, 0.4) is 0 Å². The van der Waals surface area contributed by atoms with E-state index in [-0.39, 0.29) is 0 Å². The predicted molar refractivity (Wildman–Crippen MR) is 83.0 cm³/mol. The van der Waals surface area contributed by atoms with E-state index >= 15 is 0 Å². The van der Waals surface area contributed by atoms with Crippen LogP contribution in [0.5, 0.6) is 0 Å². The number of hydrogen-bond acceptors (Lipinski definition) is 3. The normalized spacial score (nSPS) is 28.6. The molecule has 4 heteroatoms. The van der Waals surface area contributed by atoms with Crippen molar-refractivity contribution in [1.29, 1.82) is 0 Å². The number of nitrogens with zero attached hydrogens (tertiary/aromatic N) is 1. The SMILES string of the molecule is CCCNC1(C(=O)O)CCCC(N(C)C(C)CCC)C1. The molecule has 20 heavy (non-hydrogen) atoms. The zero-order chi connectivity index (χ0) is 15.2. The molecule has 1 aliphatic rings. The third kappa shape index (κ3) is 4.19. The molecule has 3 unspecified atom stereocenters. The lowest BCUT2D eigenvalue weighted by molar-refractivity contribution is -0.147. The molecule has 0 bridgehead atoms. The third-order valence-electron chi connectivity index (χ3n) is 4.83. The molecule has 118 valence electrons. The maximum atomic E-state index is 11.8. The third-order valence-corrected chi connectivity index (χ3v) is 4.83. The Morgan fingerprint density at radius 1 is 1.45 bits per heavy atom. The summed E-state index contributed by atoms with van der Waals surface area (Å²) in [6.07, 6.45) is 6.93. The Hall–Kier alpha value is -0.610. The second-order valence-electron chi connectivity index (χ2n) is 6.37. The molecular formula is C16H32N2O2. The summed E-state index contributed by atoms with van der Waals surface area (Å²) in [7, 11) is 2.16. The first-order valence-corrected chi connectivity index (χ1v) is 8.17. The smallest absolute Gasteiger partial charge is 0.323 e. The summed E-state index contributed by atoms with van der Waals surface area (Å²) in [5, 5.41) is 13.0. The van der Waals surface area contributed by atoms with Crippen molar-refractivity contribution in [3.63, 3.8) is 0 Å². The van der Waals surface area contributed by atoms with E-state index in [0.717, 1.165) is 38.6 Å². The predicted octanol–water partition coefficient (Wildman–Crippen LogP) is 2.87. The van der Waals surface area contributed by atoms with Gasteiger partial charge in [-0.25, -0.2) is 0 Å². The highest BCUT2D eigenvalue weighted by atomic mass is 16.4. The molecule has 0 heterocycles. The van der Waals surface area contributed by atoms with Crippen molar-refractivity contribution in [2.75, 3.05) is 13.6 Å². The quantitative estimate of drug-likeness (QED) is 0.719. The zero-order valence-corrected chi connectivity index (χ0v) is 13.6. The van der Waals surface area contributed by atoms with Crippen LogP contribution in [-0.4, -0.2) is 47.2 Å². The van der Waals surface area contributed by atoms with Crippen molar-refractivity contribution in [3.05, 3.63) is 0 Å². The number of carboxylic acid groups (broad SMARTS) is 1. The van der Waals surface area contributed by atoms with Crippen molar-refractivity contribution >= 4 is 5.97 Å². The van der Waals surface area contributed by atoms with Gasteiger partial charge in [-0.1, -0.05) is 20.3 Å². The first-order chi connectivity index (χ1) is 9.46. The number of carbonyl (C=O) groups is 1. The van der Waals surface area contributed by atoms with Crippen LogP contribution in [0.25, 0.3) is 0 Å². The fourth-order valence-corrected chi connectivity index (χ4v) is 3.37. The molecule has 1 aliphatic carbocycles. The molecule has 0 saturated heterocycles. The summed E-state index contributed by atoms with van der Waals surface area (Å²) in [4.78, 5) is 14.2. The topological polar surface area (TPSA) is 52.6 Å². The van der Waals surface area contributed by atoms with E-state index in [0.29, 0.717) is 12.1 Å². The van der Waals surface area contributed by atoms with Crippen LogP contribution >= 0.6 is 0 Å². The van der Waals surface area contributed by atoms with Gasteiger partial charge in [0, 0.05) is 12.1 Å². The molecule has 0 amide bonds. The molecule has 1 saturated carbocycles. The van der Waals surface area contributed by atoms with Crippen LogP contribution < -0.4 is 5.32 Å². The van der Waals surface area contributed by atoms with Gasteiger partial charge in [-0.3, -0.25) is 4.79 Å². The Kier molecular flexibility index (Phi) is 6.96. The lowest BCUT2D eigenvalue weighted by atomic mass is 9.78. The maximum absolute atomic E-state index is 11.8. The van der Waals surface area contributed by atoms with Gasteiger partial charge >= 0.3 is 5.97 Å². The second kappa shape index (κ2) is 7.99. The van der Waals surface area contributed by atoms with Crippen molar-refractivity contribution in [2.45, 2.75) is 83.3 Å². The van der Waals surface area contributed by atoms with E-state index < -0.39 is 11.5 Å². The largest absolute Gasteiger partial charge is 0.480 e. The maximum Gasteiger partial charge on any atom is 0.323 e. The van der Waals surface area contributed by atoms with Crippen LogP contribution in [0.15, 0.2) is 0 Å². The summed E-state index contributed by atoms with van der Waals surface area (Å²) < 4.78 is 0. The monoisotopic (exact) mass is 284 g/mol.